The zero-order valence-corrected chi connectivity index (χ0v) is 11.8. The van der Waals surface area contributed by atoms with Crippen molar-refractivity contribution in [2.75, 3.05) is 13.6 Å². The van der Waals surface area contributed by atoms with Gasteiger partial charge in [0.2, 0.25) is 0 Å². The van der Waals surface area contributed by atoms with Gasteiger partial charge in [-0.1, -0.05) is 26.8 Å². The molecule has 0 radical (unpaired) electrons. The zero-order chi connectivity index (χ0) is 12.3. The zero-order valence-electron chi connectivity index (χ0n) is 11.0. The van der Waals surface area contributed by atoms with Crippen LogP contribution < -0.4 is 5.73 Å². The highest BCUT2D eigenvalue weighted by Crippen LogP contribution is 2.31. The van der Waals surface area contributed by atoms with Crippen LogP contribution in [0.5, 0.6) is 0 Å². The number of hydrogen-bond acceptors (Lipinski definition) is 3. The molecule has 1 aromatic heterocycles. The fourth-order valence-electron chi connectivity index (χ4n) is 1.84. The van der Waals surface area contributed by atoms with E-state index in [4.69, 9.17) is 5.73 Å². The summed E-state index contributed by atoms with van der Waals surface area (Å²) < 4.78 is 0. The molecule has 1 aromatic rings. The fourth-order valence-corrected chi connectivity index (χ4v) is 2.74. The van der Waals surface area contributed by atoms with Crippen LogP contribution >= 0.6 is 11.3 Å². The molecule has 0 amide bonds. The Morgan fingerprint density at radius 2 is 2.06 bits per heavy atom. The van der Waals surface area contributed by atoms with Gasteiger partial charge in [0.05, 0.1) is 6.04 Å². The monoisotopic (exact) mass is 240 g/mol. The van der Waals surface area contributed by atoms with Gasteiger partial charge in [-0.15, -0.1) is 11.3 Å². The number of rotatable bonds is 4. The summed E-state index contributed by atoms with van der Waals surface area (Å²) in [4.78, 5) is 3.76. The Bertz CT molecular complexity index is 300. The lowest BCUT2D eigenvalue weighted by atomic mass is 9.86. The van der Waals surface area contributed by atoms with E-state index in [-0.39, 0.29) is 5.41 Å². The minimum atomic E-state index is 0.277. The van der Waals surface area contributed by atoms with Crippen molar-refractivity contribution in [3.8, 4) is 0 Å². The molecule has 0 spiro atoms. The van der Waals surface area contributed by atoms with Gasteiger partial charge in [-0.3, -0.25) is 4.90 Å². The number of likely N-dealkylation sites (N-methyl/N-ethyl adjacent to an activating group) is 1. The average Bonchev–Trinajstić information content (AvgIpc) is 2.69. The minimum Gasteiger partial charge on any atom is -0.329 e. The number of thiophene rings is 1. The van der Waals surface area contributed by atoms with Crippen LogP contribution in [0.2, 0.25) is 0 Å². The lowest BCUT2D eigenvalue weighted by molar-refractivity contribution is 0.102. The molecule has 0 aliphatic heterocycles. The SMILES string of the molecule is CC(N(C)C(CN)c1cccs1)C(C)(C)C. The van der Waals surface area contributed by atoms with E-state index in [1.165, 1.54) is 4.88 Å². The Hall–Kier alpha value is -0.380. The van der Waals surface area contributed by atoms with Crippen molar-refractivity contribution in [1.82, 2.24) is 4.90 Å². The van der Waals surface area contributed by atoms with Crippen molar-refractivity contribution in [3.05, 3.63) is 22.4 Å². The van der Waals surface area contributed by atoms with Crippen LogP contribution in [-0.2, 0) is 0 Å². The molecule has 92 valence electrons. The second-order valence-corrected chi connectivity index (χ2v) is 6.45. The van der Waals surface area contributed by atoms with E-state index in [2.05, 4.69) is 57.2 Å². The lowest BCUT2D eigenvalue weighted by Crippen LogP contribution is -2.43. The first kappa shape index (κ1) is 13.7. The largest absolute Gasteiger partial charge is 0.329 e. The topological polar surface area (TPSA) is 29.3 Å². The first-order chi connectivity index (χ1) is 7.38. The van der Waals surface area contributed by atoms with Crippen LogP contribution in [-0.4, -0.2) is 24.5 Å². The quantitative estimate of drug-likeness (QED) is 0.876. The van der Waals surface area contributed by atoms with E-state index < -0.39 is 0 Å². The molecule has 3 heteroatoms. The number of nitrogens with two attached hydrogens (primary N) is 1. The smallest absolute Gasteiger partial charge is 0.0564 e. The van der Waals surface area contributed by atoms with E-state index in [9.17, 15) is 0 Å². The van der Waals surface area contributed by atoms with Gasteiger partial charge in [-0.2, -0.15) is 0 Å². The summed E-state index contributed by atoms with van der Waals surface area (Å²) in [5, 5.41) is 2.12. The first-order valence-electron chi connectivity index (χ1n) is 5.83. The molecule has 0 saturated heterocycles. The van der Waals surface area contributed by atoms with Gasteiger partial charge in [0.15, 0.2) is 0 Å². The second kappa shape index (κ2) is 5.30. The highest BCUT2D eigenvalue weighted by molar-refractivity contribution is 7.10. The van der Waals surface area contributed by atoms with Crippen molar-refractivity contribution < 1.29 is 0 Å². The Morgan fingerprint density at radius 3 is 2.44 bits per heavy atom. The molecule has 2 atom stereocenters. The van der Waals surface area contributed by atoms with Gasteiger partial charge in [0.1, 0.15) is 0 Å². The van der Waals surface area contributed by atoms with Gasteiger partial charge in [0.25, 0.3) is 0 Å². The van der Waals surface area contributed by atoms with Crippen LogP contribution in [0.4, 0.5) is 0 Å². The van der Waals surface area contributed by atoms with Gasteiger partial charge in [0, 0.05) is 17.5 Å². The Labute approximate surface area is 103 Å². The predicted octanol–water partition coefficient (Wildman–Crippen LogP) is 3.11. The van der Waals surface area contributed by atoms with E-state index in [1.807, 2.05) is 0 Å². The maximum atomic E-state index is 5.91. The molecule has 1 rings (SSSR count). The molecule has 2 nitrogen and oxygen atoms in total. The Morgan fingerprint density at radius 1 is 1.44 bits per heavy atom. The van der Waals surface area contributed by atoms with Crippen LogP contribution in [0.3, 0.4) is 0 Å². The predicted molar refractivity (Wildman–Crippen MR) is 72.8 cm³/mol. The normalized spacial score (nSPS) is 16.4. The van der Waals surface area contributed by atoms with Crippen molar-refractivity contribution >= 4 is 11.3 Å². The van der Waals surface area contributed by atoms with Gasteiger partial charge >= 0.3 is 0 Å². The molecule has 2 N–H and O–H groups in total. The van der Waals surface area contributed by atoms with Crippen LogP contribution in [0.25, 0.3) is 0 Å². The molecular weight excluding hydrogens is 216 g/mol. The van der Waals surface area contributed by atoms with Crippen LogP contribution in [0, 0.1) is 5.41 Å². The van der Waals surface area contributed by atoms with E-state index in [1.54, 1.807) is 11.3 Å². The highest BCUT2D eigenvalue weighted by Gasteiger charge is 2.28. The van der Waals surface area contributed by atoms with E-state index >= 15 is 0 Å². The summed E-state index contributed by atoms with van der Waals surface area (Å²) in [6, 6.07) is 5.11. The highest BCUT2D eigenvalue weighted by atomic mass is 32.1. The fraction of sp³-hybridized carbons (Fsp3) is 0.692. The van der Waals surface area contributed by atoms with E-state index in [0.29, 0.717) is 18.6 Å². The number of hydrogen-bond donors (Lipinski definition) is 1. The van der Waals surface area contributed by atoms with Crippen molar-refractivity contribution in [3.63, 3.8) is 0 Å². The third-order valence-corrected chi connectivity index (χ3v) is 4.42. The molecule has 0 aromatic carbocycles. The molecule has 0 fully saturated rings. The molecule has 0 aliphatic carbocycles. The summed E-state index contributed by atoms with van der Waals surface area (Å²) >= 11 is 1.79. The number of nitrogens with zero attached hydrogens (tertiary/aromatic N) is 1. The Kier molecular flexibility index (Phi) is 4.53. The standard InChI is InChI=1S/C13H24N2S/c1-10(13(2,3)4)15(5)11(9-14)12-7-6-8-16-12/h6-8,10-11H,9,14H2,1-5H3. The molecule has 1 heterocycles. The van der Waals surface area contributed by atoms with Crippen molar-refractivity contribution in [1.29, 1.82) is 0 Å². The summed E-state index contributed by atoms with van der Waals surface area (Å²) in [6.07, 6.45) is 0. The Balaban J connectivity index is 2.82. The van der Waals surface area contributed by atoms with Gasteiger partial charge in [-0.05, 0) is 30.8 Å². The van der Waals surface area contributed by atoms with Crippen molar-refractivity contribution in [2.24, 2.45) is 11.1 Å². The molecular formula is C13H24N2S. The third kappa shape index (κ3) is 3.06. The molecule has 2 unspecified atom stereocenters. The van der Waals surface area contributed by atoms with Crippen LogP contribution in [0.15, 0.2) is 17.5 Å². The molecule has 16 heavy (non-hydrogen) atoms. The third-order valence-electron chi connectivity index (χ3n) is 3.45. The van der Waals surface area contributed by atoms with Gasteiger partial charge < -0.3 is 5.73 Å². The van der Waals surface area contributed by atoms with Crippen LogP contribution in [0.1, 0.15) is 38.6 Å². The summed E-state index contributed by atoms with van der Waals surface area (Å²) in [7, 11) is 2.17. The maximum Gasteiger partial charge on any atom is 0.0564 e. The maximum absolute atomic E-state index is 5.91. The molecule has 0 aliphatic rings. The molecule has 0 bridgehead atoms. The average molecular weight is 240 g/mol. The molecule has 0 saturated carbocycles. The van der Waals surface area contributed by atoms with Gasteiger partial charge in [-0.25, -0.2) is 0 Å². The summed E-state index contributed by atoms with van der Waals surface area (Å²) in [5.74, 6) is 0. The summed E-state index contributed by atoms with van der Waals surface area (Å²) in [6.45, 7) is 9.77. The van der Waals surface area contributed by atoms with E-state index in [0.717, 1.165) is 0 Å². The minimum absolute atomic E-state index is 0.277. The first-order valence-corrected chi connectivity index (χ1v) is 6.71. The second-order valence-electron chi connectivity index (χ2n) is 5.47. The summed E-state index contributed by atoms with van der Waals surface area (Å²) in [5.41, 5.74) is 6.19. The lowest BCUT2D eigenvalue weighted by Gasteiger charge is -2.39. The van der Waals surface area contributed by atoms with Crippen molar-refractivity contribution in [2.45, 2.75) is 39.8 Å².